The number of aromatic amines is 1. The van der Waals surface area contributed by atoms with Crippen LogP contribution >= 0.6 is 0 Å². The molecule has 0 radical (unpaired) electrons. The number of halogens is 2. The number of aliphatic hydroxyl groups excluding tert-OH is 1. The van der Waals surface area contributed by atoms with Crippen LogP contribution in [0.3, 0.4) is 0 Å². The quantitative estimate of drug-likeness (QED) is 0.684. The lowest BCUT2D eigenvalue weighted by atomic mass is 9.92. The van der Waals surface area contributed by atoms with Crippen LogP contribution in [0, 0.1) is 0 Å². The summed E-state index contributed by atoms with van der Waals surface area (Å²) < 4.78 is 27.3. The van der Waals surface area contributed by atoms with Crippen LogP contribution in [0.5, 0.6) is 0 Å². The van der Waals surface area contributed by atoms with E-state index in [9.17, 15) is 13.6 Å². The predicted molar refractivity (Wildman–Crippen MR) is 56.0 cm³/mol. The van der Waals surface area contributed by atoms with Crippen molar-refractivity contribution in [2.24, 2.45) is 0 Å². The molecule has 17 heavy (non-hydrogen) atoms. The third-order valence-corrected chi connectivity index (χ3v) is 2.88. The van der Waals surface area contributed by atoms with Gasteiger partial charge in [-0.15, -0.1) is 0 Å². The van der Waals surface area contributed by atoms with Crippen molar-refractivity contribution >= 4 is 0 Å². The first kappa shape index (κ1) is 12.1. The van der Waals surface area contributed by atoms with Gasteiger partial charge in [-0.25, -0.2) is 13.8 Å². The Bertz CT molecular complexity index is 461. The fourth-order valence-electron chi connectivity index (χ4n) is 1.89. The molecule has 2 rings (SSSR count). The zero-order chi connectivity index (χ0) is 12.5. The van der Waals surface area contributed by atoms with Crippen molar-refractivity contribution in [1.29, 1.82) is 0 Å². The van der Waals surface area contributed by atoms with Crippen molar-refractivity contribution in [1.82, 2.24) is 15.3 Å². The van der Waals surface area contributed by atoms with Gasteiger partial charge in [0.15, 0.2) is 0 Å². The Labute approximate surface area is 95.9 Å². The normalized spacial score (nSPS) is 23.6. The molecule has 1 aliphatic heterocycles. The molecule has 0 saturated carbocycles. The van der Waals surface area contributed by atoms with E-state index in [2.05, 4.69) is 15.3 Å². The van der Waals surface area contributed by atoms with Crippen LogP contribution in [-0.4, -0.2) is 34.1 Å². The van der Waals surface area contributed by atoms with Gasteiger partial charge in [-0.3, -0.25) is 4.79 Å². The van der Waals surface area contributed by atoms with Crippen LogP contribution in [0.25, 0.3) is 0 Å². The number of hydrogen-bond donors (Lipinski definition) is 3. The van der Waals surface area contributed by atoms with Gasteiger partial charge in [0, 0.05) is 25.7 Å². The highest BCUT2D eigenvalue weighted by Crippen LogP contribution is 2.36. The van der Waals surface area contributed by atoms with E-state index < -0.39 is 24.0 Å². The minimum absolute atomic E-state index is 0.103. The summed E-state index contributed by atoms with van der Waals surface area (Å²) in [4.78, 5) is 17.3. The van der Waals surface area contributed by atoms with Gasteiger partial charge in [0.1, 0.15) is 5.69 Å². The zero-order valence-corrected chi connectivity index (χ0v) is 9.04. The summed E-state index contributed by atoms with van der Waals surface area (Å²) in [6.07, 6.45) is 0.931. The minimum atomic E-state index is -2.84. The number of hydrogen-bond acceptors (Lipinski definition) is 4. The number of aromatic nitrogens is 2. The molecular weight excluding hydrogens is 232 g/mol. The Morgan fingerprint density at radius 3 is 3.00 bits per heavy atom. The molecule has 1 unspecified atom stereocenters. The van der Waals surface area contributed by atoms with Gasteiger partial charge < -0.3 is 15.4 Å². The van der Waals surface area contributed by atoms with Crippen LogP contribution in [-0.2, 0) is 6.61 Å². The molecule has 2 heterocycles. The number of aliphatic hydroxyl groups is 1. The van der Waals surface area contributed by atoms with E-state index in [0.29, 0.717) is 0 Å². The van der Waals surface area contributed by atoms with Crippen molar-refractivity contribution in [3.8, 4) is 0 Å². The van der Waals surface area contributed by atoms with E-state index >= 15 is 0 Å². The third-order valence-electron chi connectivity index (χ3n) is 2.88. The summed E-state index contributed by atoms with van der Waals surface area (Å²) in [7, 11) is 0. The van der Waals surface area contributed by atoms with Crippen molar-refractivity contribution in [3.63, 3.8) is 0 Å². The lowest BCUT2D eigenvalue weighted by molar-refractivity contribution is -0.0493. The summed E-state index contributed by atoms with van der Waals surface area (Å²) in [5.41, 5.74) is -0.585. The monoisotopic (exact) mass is 245 g/mol. The first-order valence-corrected chi connectivity index (χ1v) is 5.32. The number of H-pyrrole nitrogens is 1. The van der Waals surface area contributed by atoms with Crippen LogP contribution in [0.4, 0.5) is 8.78 Å². The summed E-state index contributed by atoms with van der Waals surface area (Å²) in [6.45, 7) is -0.189. The topological polar surface area (TPSA) is 78.0 Å². The molecule has 3 N–H and O–H groups in total. The summed E-state index contributed by atoms with van der Waals surface area (Å²) in [6, 6.07) is 0. The van der Waals surface area contributed by atoms with E-state index in [4.69, 9.17) is 5.11 Å². The maximum Gasteiger partial charge on any atom is 0.272 e. The Kier molecular flexibility index (Phi) is 3.21. The van der Waals surface area contributed by atoms with Crippen molar-refractivity contribution < 1.29 is 13.9 Å². The van der Waals surface area contributed by atoms with Gasteiger partial charge in [-0.1, -0.05) is 0 Å². The Balaban J connectivity index is 2.36. The van der Waals surface area contributed by atoms with E-state index in [-0.39, 0.29) is 30.9 Å². The first-order valence-electron chi connectivity index (χ1n) is 5.32. The van der Waals surface area contributed by atoms with Crippen LogP contribution in [0.2, 0.25) is 0 Å². The molecule has 0 spiro atoms. The number of rotatable bonds is 2. The maximum absolute atomic E-state index is 13.7. The molecule has 0 aromatic carbocycles. The fourth-order valence-corrected chi connectivity index (χ4v) is 1.89. The summed E-state index contributed by atoms with van der Waals surface area (Å²) >= 11 is 0. The molecule has 1 aliphatic rings. The smallest absolute Gasteiger partial charge is 0.272 e. The molecule has 1 saturated heterocycles. The average molecular weight is 245 g/mol. The SMILES string of the molecule is O=c1[nH]cc(C2CNCCC2(F)F)nc1CO. The molecule has 1 aromatic rings. The Morgan fingerprint density at radius 2 is 2.35 bits per heavy atom. The lowest BCUT2D eigenvalue weighted by Gasteiger charge is -2.31. The third kappa shape index (κ3) is 2.34. The second-order valence-corrected chi connectivity index (χ2v) is 4.03. The van der Waals surface area contributed by atoms with Gasteiger partial charge in [-0.05, 0) is 0 Å². The second-order valence-electron chi connectivity index (χ2n) is 4.03. The lowest BCUT2D eigenvalue weighted by Crippen LogP contribution is -2.43. The van der Waals surface area contributed by atoms with Gasteiger partial charge >= 0.3 is 0 Å². The zero-order valence-electron chi connectivity index (χ0n) is 9.04. The molecule has 1 atom stereocenters. The van der Waals surface area contributed by atoms with E-state index in [1.807, 2.05) is 0 Å². The molecule has 7 heteroatoms. The van der Waals surface area contributed by atoms with Gasteiger partial charge in [0.2, 0.25) is 0 Å². The molecule has 0 aliphatic carbocycles. The Hall–Kier alpha value is -1.34. The standard InChI is InChI=1S/C10H13F2N3O2/c11-10(12)1-2-13-3-6(10)7-4-14-9(17)8(5-16)15-7/h4,6,13,16H,1-3,5H2,(H,14,17). The average Bonchev–Trinajstić information content (AvgIpc) is 2.30. The highest BCUT2D eigenvalue weighted by Gasteiger charge is 2.43. The molecular formula is C10H13F2N3O2. The van der Waals surface area contributed by atoms with Crippen molar-refractivity contribution in [2.45, 2.75) is 24.9 Å². The van der Waals surface area contributed by atoms with Crippen molar-refractivity contribution in [3.05, 3.63) is 27.9 Å². The van der Waals surface area contributed by atoms with E-state index in [1.54, 1.807) is 0 Å². The molecule has 0 amide bonds. The largest absolute Gasteiger partial charge is 0.390 e. The van der Waals surface area contributed by atoms with Crippen molar-refractivity contribution in [2.75, 3.05) is 13.1 Å². The van der Waals surface area contributed by atoms with Gasteiger partial charge in [0.05, 0.1) is 18.2 Å². The molecule has 0 bridgehead atoms. The van der Waals surface area contributed by atoms with Crippen LogP contribution in [0.1, 0.15) is 23.7 Å². The number of piperidine rings is 1. The van der Waals surface area contributed by atoms with Gasteiger partial charge in [-0.2, -0.15) is 0 Å². The van der Waals surface area contributed by atoms with E-state index in [1.165, 1.54) is 6.20 Å². The second kappa shape index (κ2) is 4.50. The fraction of sp³-hybridized carbons (Fsp3) is 0.600. The minimum Gasteiger partial charge on any atom is -0.390 e. The molecule has 1 fully saturated rings. The molecule has 1 aromatic heterocycles. The molecule has 5 nitrogen and oxygen atoms in total. The summed E-state index contributed by atoms with van der Waals surface area (Å²) in [5, 5.41) is 11.8. The highest BCUT2D eigenvalue weighted by molar-refractivity contribution is 5.13. The van der Waals surface area contributed by atoms with Crippen LogP contribution in [0.15, 0.2) is 11.0 Å². The number of alkyl halides is 2. The highest BCUT2D eigenvalue weighted by atomic mass is 19.3. The maximum atomic E-state index is 13.7. The first-order chi connectivity index (χ1) is 8.04. The van der Waals surface area contributed by atoms with E-state index in [0.717, 1.165) is 0 Å². The Morgan fingerprint density at radius 1 is 1.59 bits per heavy atom. The number of nitrogens with zero attached hydrogens (tertiary/aromatic N) is 1. The van der Waals surface area contributed by atoms with Crippen LogP contribution < -0.4 is 10.9 Å². The van der Waals surface area contributed by atoms with Gasteiger partial charge in [0.25, 0.3) is 11.5 Å². The predicted octanol–water partition coefficient (Wildman–Crippen LogP) is -0.0256. The number of nitrogens with one attached hydrogen (secondary N) is 2. The summed E-state index contributed by atoms with van der Waals surface area (Å²) in [5.74, 6) is -3.91. The molecule has 94 valence electrons.